The fourth-order valence-electron chi connectivity index (χ4n) is 0.709. The van der Waals surface area contributed by atoms with Gasteiger partial charge in [0, 0.05) is 4.90 Å². The van der Waals surface area contributed by atoms with Crippen LogP contribution >= 0.6 is 23.4 Å². The highest BCUT2D eigenvalue weighted by Crippen LogP contribution is 2.39. The molecule has 0 unspecified atom stereocenters. The van der Waals surface area contributed by atoms with Crippen LogP contribution in [-0.4, -0.2) is 16.3 Å². The molecule has 6 heteroatoms. The number of hydrogen-bond acceptors (Lipinski definition) is 2. The first-order chi connectivity index (χ1) is 6.43. The van der Waals surface area contributed by atoms with Crippen LogP contribution in [0.1, 0.15) is 0 Å². The topological polar surface area (TPSA) is 37.3 Å². The first-order valence-corrected chi connectivity index (χ1v) is 4.67. The molecule has 0 radical (unpaired) electrons. The Morgan fingerprint density at radius 2 is 2.00 bits per heavy atom. The summed E-state index contributed by atoms with van der Waals surface area (Å²) >= 11 is 5.50. The van der Waals surface area contributed by atoms with Gasteiger partial charge in [-0.2, -0.15) is 8.78 Å². The molecule has 0 saturated carbocycles. The van der Waals surface area contributed by atoms with Crippen molar-refractivity contribution in [2.45, 2.75) is 10.2 Å². The van der Waals surface area contributed by atoms with Crippen LogP contribution in [0.5, 0.6) is 0 Å². The predicted molar refractivity (Wildman–Crippen MR) is 49.9 cm³/mol. The molecule has 0 spiro atoms. The Morgan fingerprint density at radius 1 is 1.43 bits per heavy atom. The van der Waals surface area contributed by atoms with E-state index >= 15 is 0 Å². The van der Waals surface area contributed by atoms with E-state index in [4.69, 9.17) is 16.7 Å². The van der Waals surface area contributed by atoms with Crippen LogP contribution in [0.15, 0.2) is 29.2 Å². The molecule has 1 N–H and O–H groups in total. The van der Waals surface area contributed by atoms with E-state index in [0.717, 1.165) is 0 Å². The van der Waals surface area contributed by atoms with Gasteiger partial charge in [0.15, 0.2) is 0 Å². The Balaban J connectivity index is 2.89. The lowest BCUT2D eigenvalue weighted by molar-refractivity contribution is -0.152. The smallest absolute Gasteiger partial charge is 0.393 e. The Kier molecular flexibility index (Phi) is 3.34. The van der Waals surface area contributed by atoms with E-state index in [0.29, 0.717) is 0 Å². The predicted octanol–water partition coefficient (Wildman–Crippen LogP) is 3.11. The van der Waals surface area contributed by atoms with Crippen LogP contribution in [0.4, 0.5) is 8.78 Å². The van der Waals surface area contributed by atoms with Gasteiger partial charge in [0.2, 0.25) is 0 Å². The average Bonchev–Trinajstić information content (AvgIpc) is 2.08. The molecule has 1 aromatic carbocycles. The first kappa shape index (κ1) is 11.3. The van der Waals surface area contributed by atoms with Crippen LogP contribution in [0, 0.1) is 0 Å². The Bertz CT molecular complexity index is 357. The molecule has 0 aliphatic heterocycles. The van der Waals surface area contributed by atoms with Crippen molar-refractivity contribution in [1.82, 2.24) is 0 Å². The molecule has 2 nitrogen and oxygen atoms in total. The number of alkyl halides is 2. The van der Waals surface area contributed by atoms with E-state index in [-0.39, 0.29) is 21.7 Å². The molecule has 0 heterocycles. The highest BCUT2D eigenvalue weighted by atomic mass is 35.5. The number of carbonyl (C=O) groups is 1. The maximum atomic E-state index is 12.7. The van der Waals surface area contributed by atoms with Crippen molar-refractivity contribution in [1.29, 1.82) is 0 Å². The van der Waals surface area contributed by atoms with Gasteiger partial charge in [-0.25, -0.2) is 4.79 Å². The van der Waals surface area contributed by atoms with E-state index in [1.165, 1.54) is 18.2 Å². The summed E-state index contributed by atoms with van der Waals surface area (Å²) in [5.74, 6) is -2.18. The Hall–Kier alpha value is -0.810. The monoisotopic (exact) mass is 238 g/mol. The second-order valence-corrected chi connectivity index (χ2v) is 3.92. The summed E-state index contributed by atoms with van der Waals surface area (Å²) in [5, 5.41) is 4.43. The summed E-state index contributed by atoms with van der Waals surface area (Å²) in [6.45, 7) is 0. The molecule has 1 aromatic rings. The molecule has 0 amide bonds. The zero-order valence-electron chi connectivity index (χ0n) is 6.71. The third kappa shape index (κ3) is 2.59. The summed E-state index contributed by atoms with van der Waals surface area (Å²) < 4.78 is 25.4. The highest BCUT2D eigenvalue weighted by molar-refractivity contribution is 8.01. The average molecular weight is 239 g/mol. The quantitative estimate of drug-likeness (QED) is 0.823. The molecule has 1 rings (SSSR count). The number of rotatable bonds is 3. The van der Waals surface area contributed by atoms with Crippen LogP contribution in [0.2, 0.25) is 5.02 Å². The molecular weight excluding hydrogens is 234 g/mol. The molecule has 0 bridgehead atoms. The number of aliphatic carboxylic acids is 1. The molecule has 0 aliphatic carbocycles. The van der Waals surface area contributed by atoms with Gasteiger partial charge in [-0.05, 0) is 23.9 Å². The number of carboxylic acids is 1. The van der Waals surface area contributed by atoms with Crippen LogP contribution in [-0.2, 0) is 4.79 Å². The third-order valence-electron chi connectivity index (χ3n) is 1.32. The van der Waals surface area contributed by atoms with Gasteiger partial charge in [0.05, 0.1) is 5.02 Å². The Morgan fingerprint density at radius 3 is 2.50 bits per heavy atom. The van der Waals surface area contributed by atoms with E-state index in [2.05, 4.69) is 0 Å². The van der Waals surface area contributed by atoms with E-state index < -0.39 is 11.2 Å². The molecular formula is C8H5ClF2O2S. The minimum Gasteiger partial charge on any atom is -0.476 e. The van der Waals surface area contributed by atoms with E-state index in [9.17, 15) is 13.6 Å². The van der Waals surface area contributed by atoms with Crippen LogP contribution in [0.3, 0.4) is 0 Å². The van der Waals surface area contributed by atoms with Crippen molar-refractivity contribution in [3.8, 4) is 0 Å². The van der Waals surface area contributed by atoms with Crippen molar-refractivity contribution in [3.05, 3.63) is 29.3 Å². The summed E-state index contributed by atoms with van der Waals surface area (Å²) in [6.07, 6.45) is 0. The normalized spacial score (nSPS) is 11.4. The highest BCUT2D eigenvalue weighted by Gasteiger charge is 2.40. The second-order valence-electron chi connectivity index (χ2n) is 2.35. The molecule has 0 saturated heterocycles. The van der Waals surface area contributed by atoms with Gasteiger partial charge < -0.3 is 5.11 Å². The molecule has 14 heavy (non-hydrogen) atoms. The van der Waals surface area contributed by atoms with Crippen molar-refractivity contribution in [3.63, 3.8) is 0 Å². The van der Waals surface area contributed by atoms with Gasteiger partial charge in [0.25, 0.3) is 0 Å². The van der Waals surface area contributed by atoms with E-state index in [1.54, 1.807) is 6.07 Å². The molecule has 0 fully saturated rings. The first-order valence-electron chi connectivity index (χ1n) is 3.48. The number of halogens is 3. The van der Waals surface area contributed by atoms with Crippen molar-refractivity contribution < 1.29 is 18.7 Å². The van der Waals surface area contributed by atoms with E-state index in [1.807, 2.05) is 0 Å². The third-order valence-corrected chi connectivity index (χ3v) is 2.77. The number of benzene rings is 1. The zero-order chi connectivity index (χ0) is 10.8. The lowest BCUT2D eigenvalue weighted by Gasteiger charge is -2.10. The largest absolute Gasteiger partial charge is 0.476 e. The summed E-state index contributed by atoms with van der Waals surface area (Å²) in [7, 11) is 0. The summed E-state index contributed by atoms with van der Waals surface area (Å²) in [5.41, 5.74) is 0. The fraction of sp³-hybridized carbons (Fsp3) is 0.125. The zero-order valence-corrected chi connectivity index (χ0v) is 8.28. The maximum Gasteiger partial charge on any atom is 0.393 e. The number of carboxylic acid groups (broad SMARTS) is 1. The van der Waals surface area contributed by atoms with Gasteiger partial charge in [-0.1, -0.05) is 23.7 Å². The van der Waals surface area contributed by atoms with Gasteiger partial charge in [-0.3, -0.25) is 0 Å². The van der Waals surface area contributed by atoms with Crippen LogP contribution in [0.25, 0.3) is 0 Å². The lowest BCUT2D eigenvalue weighted by Crippen LogP contribution is -2.23. The van der Waals surface area contributed by atoms with Gasteiger partial charge in [-0.15, -0.1) is 0 Å². The number of hydrogen-bond donors (Lipinski definition) is 1. The Labute approximate surface area is 87.9 Å². The minimum atomic E-state index is -3.86. The standard InChI is InChI=1S/C8H5ClF2O2S/c9-5-3-1-2-4-6(5)14-8(10,11)7(12)13/h1-4H,(H,12,13). The van der Waals surface area contributed by atoms with Crippen molar-refractivity contribution in [2.24, 2.45) is 0 Å². The van der Waals surface area contributed by atoms with Crippen molar-refractivity contribution in [2.75, 3.05) is 0 Å². The number of thioether (sulfide) groups is 1. The summed E-state index contributed by atoms with van der Waals surface area (Å²) in [4.78, 5) is 10.2. The fourth-order valence-corrected chi connectivity index (χ4v) is 1.64. The van der Waals surface area contributed by atoms with Gasteiger partial charge in [0.1, 0.15) is 0 Å². The van der Waals surface area contributed by atoms with Crippen molar-refractivity contribution >= 4 is 29.3 Å². The lowest BCUT2D eigenvalue weighted by atomic mass is 10.4. The molecule has 76 valence electrons. The minimum absolute atomic E-state index is 0.0431. The molecule has 0 atom stereocenters. The van der Waals surface area contributed by atoms with Gasteiger partial charge >= 0.3 is 11.2 Å². The summed E-state index contributed by atoms with van der Waals surface area (Å²) in [6, 6.07) is 5.84. The second kappa shape index (κ2) is 4.14. The molecule has 0 aromatic heterocycles. The SMILES string of the molecule is O=C(O)C(F)(F)Sc1ccccc1Cl. The van der Waals surface area contributed by atoms with Crippen LogP contribution < -0.4 is 0 Å². The maximum absolute atomic E-state index is 12.7. The molecule has 0 aliphatic rings.